The summed E-state index contributed by atoms with van der Waals surface area (Å²) in [5, 5.41) is 11.6. The van der Waals surface area contributed by atoms with Gasteiger partial charge in [-0.1, -0.05) is 35.4 Å². The second-order valence-corrected chi connectivity index (χ2v) is 11.3. The number of hydrogen-bond acceptors (Lipinski definition) is 1. The molecule has 0 aliphatic carbocycles. The summed E-state index contributed by atoms with van der Waals surface area (Å²) in [5.41, 5.74) is 1.66. The van der Waals surface area contributed by atoms with E-state index in [2.05, 4.69) is 0 Å². The molecule has 0 heterocycles. The SMILES string of the molecule is Cc1cc(Pc2ccc(F)cc2F)c(O)c(C(C)(C)C)c1.[Cl][Zr][Cl]. The molecule has 0 spiro atoms. The van der Waals surface area contributed by atoms with Crippen LogP contribution < -0.4 is 10.6 Å². The molecule has 0 aliphatic rings. The summed E-state index contributed by atoms with van der Waals surface area (Å²) in [7, 11) is 9.82. The first-order valence-electron chi connectivity index (χ1n) is 7.12. The Hall–Kier alpha value is -0.00688. The summed E-state index contributed by atoms with van der Waals surface area (Å²) in [5.74, 6) is -0.966. The minimum absolute atomic E-state index is 0.0490. The van der Waals surface area contributed by atoms with Crippen LogP contribution in [0.2, 0.25) is 0 Å². The number of benzene rings is 2. The molecule has 130 valence electrons. The Labute approximate surface area is 162 Å². The molecule has 0 bridgehead atoms. The van der Waals surface area contributed by atoms with Crippen molar-refractivity contribution in [2.45, 2.75) is 33.1 Å². The van der Waals surface area contributed by atoms with Crippen LogP contribution in [-0.4, -0.2) is 5.11 Å². The average molecular weight is 470 g/mol. The predicted molar refractivity (Wildman–Crippen MR) is 97.2 cm³/mol. The number of halogens is 4. The topological polar surface area (TPSA) is 20.2 Å². The van der Waals surface area contributed by atoms with E-state index in [9.17, 15) is 13.9 Å². The third-order valence-electron chi connectivity index (χ3n) is 3.26. The summed E-state index contributed by atoms with van der Waals surface area (Å²) in [4.78, 5) is 0. The van der Waals surface area contributed by atoms with E-state index < -0.39 is 32.5 Å². The Kier molecular flexibility index (Phi) is 8.84. The van der Waals surface area contributed by atoms with Crippen LogP contribution in [0.4, 0.5) is 8.78 Å². The van der Waals surface area contributed by atoms with Gasteiger partial charge in [-0.05, 0) is 36.1 Å². The molecule has 2 rings (SSSR count). The molecular weight excluding hydrogens is 451 g/mol. The van der Waals surface area contributed by atoms with Crippen LogP contribution in [0, 0.1) is 18.6 Å². The Morgan fingerprint density at radius 1 is 1.04 bits per heavy atom. The van der Waals surface area contributed by atoms with Gasteiger partial charge < -0.3 is 5.11 Å². The molecule has 2 aromatic rings. The van der Waals surface area contributed by atoms with E-state index in [1.165, 1.54) is 12.1 Å². The van der Waals surface area contributed by atoms with Crippen molar-refractivity contribution in [1.29, 1.82) is 0 Å². The normalized spacial score (nSPS) is 11.3. The van der Waals surface area contributed by atoms with Gasteiger partial charge in [0, 0.05) is 22.2 Å². The van der Waals surface area contributed by atoms with Crippen molar-refractivity contribution in [3.63, 3.8) is 0 Å². The zero-order valence-corrected chi connectivity index (χ0v) is 18.8. The molecular formula is C17H19Cl2F2OPZr. The van der Waals surface area contributed by atoms with Crippen molar-refractivity contribution in [3.05, 3.63) is 53.1 Å². The second-order valence-electron chi connectivity index (χ2n) is 6.28. The van der Waals surface area contributed by atoms with Gasteiger partial charge in [0.25, 0.3) is 0 Å². The molecule has 0 aromatic heterocycles. The monoisotopic (exact) mass is 468 g/mol. The number of phenols is 1. The molecule has 24 heavy (non-hydrogen) atoms. The van der Waals surface area contributed by atoms with E-state index in [1.807, 2.05) is 39.8 Å². The first-order valence-corrected chi connectivity index (χ1v) is 14.5. The number of hydrogen-bond donors (Lipinski definition) is 1. The molecule has 0 amide bonds. The van der Waals surface area contributed by atoms with Crippen LogP contribution in [0.5, 0.6) is 5.75 Å². The molecule has 2 aromatic carbocycles. The fraction of sp³-hybridized carbons (Fsp3) is 0.294. The van der Waals surface area contributed by atoms with Gasteiger partial charge in [-0.3, -0.25) is 0 Å². The van der Waals surface area contributed by atoms with E-state index in [4.69, 9.17) is 17.0 Å². The van der Waals surface area contributed by atoms with Crippen molar-refractivity contribution < 1.29 is 34.7 Å². The summed E-state index contributed by atoms with van der Waals surface area (Å²) in [6.45, 7) is 8.01. The van der Waals surface area contributed by atoms with Crippen molar-refractivity contribution >= 4 is 36.2 Å². The van der Waals surface area contributed by atoms with Gasteiger partial charge in [0.15, 0.2) is 0 Å². The Morgan fingerprint density at radius 2 is 1.62 bits per heavy atom. The van der Waals surface area contributed by atoms with Crippen molar-refractivity contribution in [1.82, 2.24) is 0 Å². The molecule has 7 heteroatoms. The van der Waals surface area contributed by atoms with Crippen LogP contribution in [-0.2, 0) is 26.3 Å². The van der Waals surface area contributed by atoms with Gasteiger partial charge in [-0.15, -0.1) is 0 Å². The van der Waals surface area contributed by atoms with Crippen LogP contribution in [0.3, 0.4) is 0 Å². The molecule has 0 radical (unpaired) electrons. The molecule has 1 nitrogen and oxygen atoms in total. The van der Waals surface area contributed by atoms with Crippen molar-refractivity contribution in [2.75, 3.05) is 0 Å². The van der Waals surface area contributed by atoms with Crippen LogP contribution >= 0.6 is 25.6 Å². The molecule has 1 atom stereocenters. The molecule has 0 saturated heterocycles. The fourth-order valence-electron chi connectivity index (χ4n) is 2.18. The molecule has 1 unspecified atom stereocenters. The maximum atomic E-state index is 13.8. The number of phenolic OH excluding ortho intramolecular Hbond substituents is 1. The molecule has 1 N–H and O–H groups in total. The van der Waals surface area contributed by atoms with E-state index in [1.54, 1.807) is 0 Å². The number of aromatic hydroxyl groups is 1. The fourth-order valence-corrected chi connectivity index (χ4v) is 3.38. The van der Waals surface area contributed by atoms with Crippen molar-refractivity contribution in [3.8, 4) is 5.75 Å². The maximum absolute atomic E-state index is 13.8. The molecule has 0 aliphatic heterocycles. The van der Waals surface area contributed by atoms with Gasteiger partial charge in [0.2, 0.25) is 0 Å². The van der Waals surface area contributed by atoms with E-state index >= 15 is 0 Å². The summed E-state index contributed by atoms with van der Waals surface area (Å²) in [6.07, 6.45) is 0. The van der Waals surface area contributed by atoms with Gasteiger partial charge in [-0.2, -0.15) is 0 Å². The zero-order valence-electron chi connectivity index (χ0n) is 13.8. The second kappa shape index (κ2) is 9.62. The third-order valence-corrected chi connectivity index (χ3v) is 4.59. The summed E-state index contributed by atoms with van der Waals surface area (Å²) >= 11 is -0.826. The van der Waals surface area contributed by atoms with Crippen LogP contribution in [0.1, 0.15) is 31.9 Å². The van der Waals surface area contributed by atoms with Gasteiger partial charge >= 0.3 is 37.9 Å². The minimum atomic E-state index is -0.826. The Bertz CT molecular complexity index is 706. The van der Waals surface area contributed by atoms with Gasteiger partial charge in [-0.25, -0.2) is 8.78 Å². The zero-order chi connectivity index (χ0) is 18.5. The standard InChI is InChI=1S/C17H19F2OP.2ClH.Zr/c1-10-7-12(17(2,3)4)16(20)15(8-10)21-14-6-5-11(18)9-13(14)19;;;/h5-9,20-21H,1-4H3;2*1H;/q;;;+2/p-2. The Morgan fingerprint density at radius 3 is 2.12 bits per heavy atom. The molecule has 0 saturated carbocycles. The van der Waals surface area contributed by atoms with E-state index in [0.717, 1.165) is 17.2 Å². The first kappa shape index (κ1) is 22.0. The quantitative estimate of drug-likeness (QED) is 0.592. The van der Waals surface area contributed by atoms with Gasteiger partial charge in [0.1, 0.15) is 17.4 Å². The third kappa shape index (κ3) is 6.37. The van der Waals surface area contributed by atoms with Crippen molar-refractivity contribution in [2.24, 2.45) is 0 Å². The van der Waals surface area contributed by atoms with Crippen LogP contribution in [0.25, 0.3) is 0 Å². The Balaban J connectivity index is 0.000000891. The molecule has 0 fully saturated rings. The van der Waals surface area contributed by atoms with Gasteiger partial charge in [0.05, 0.1) is 0 Å². The predicted octanol–water partition coefficient (Wildman–Crippen LogP) is 5.28. The number of rotatable bonds is 2. The van der Waals surface area contributed by atoms with E-state index in [0.29, 0.717) is 10.6 Å². The number of aryl methyl sites for hydroxylation is 1. The average Bonchev–Trinajstić information content (AvgIpc) is 2.45. The summed E-state index contributed by atoms with van der Waals surface area (Å²) < 4.78 is 26.8. The van der Waals surface area contributed by atoms with Crippen LogP contribution in [0.15, 0.2) is 30.3 Å². The summed E-state index contributed by atoms with van der Waals surface area (Å²) in [6, 6.07) is 7.35. The van der Waals surface area contributed by atoms with E-state index in [-0.39, 0.29) is 19.7 Å². The first-order chi connectivity index (χ1) is 11.1.